The number of pyridine rings is 1. The molecule has 14 heavy (non-hydrogen) atoms. The highest BCUT2D eigenvalue weighted by Gasteiger charge is 2.02. The molecule has 0 fully saturated rings. The number of rotatable bonds is 1. The molecule has 0 saturated heterocycles. The van der Waals surface area contributed by atoms with Gasteiger partial charge in [-0.3, -0.25) is 10.3 Å². The van der Waals surface area contributed by atoms with Gasteiger partial charge in [-0.15, -0.1) is 0 Å². The highest BCUT2D eigenvalue weighted by molar-refractivity contribution is 5.97. The van der Waals surface area contributed by atoms with Gasteiger partial charge in [-0.1, -0.05) is 18.2 Å². The third-order valence-electron chi connectivity index (χ3n) is 1.89. The second kappa shape index (κ2) is 3.33. The second-order valence-electron chi connectivity index (χ2n) is 2.81. The van der Waals surface area contributed by atoms with Gasteiger partial charge >= 0.3 is 6.09 Å². The van der Waals surface area contributed by atoms with Crippen LogP contribution in [0.5, 0.6) is 0 Å². The lowest BCUT2D eigenvalue weighted by atomic mass is 10.2. The predicted molar refractivity (Wildman–Crippen MR) is 53.4 cm³/mol. The molecule has 1 aromatic carbocycles. The van der Waals surface area contributed by atoms with Gasteiger partial charge in [0.15, 0.2) is 0 Å². The molecule has 0 aliphatic heterocycles. The summed E-state index contributed by atoms with van der Waals surface area (Å²) < 4.78 is 0. The zero-order chi connectivity index (χ0) is 9.97. The topological polar surface area (TPSA) is 62.2 Å². The van der Waals surface area contributed by atoms with E-state index in [9.17, 15) is 4.79 Å². The van der Waals surface area contributed by atoms with Crippen molar-refractivity contribution in [1.29, 1.82) is 0 Å². The molecule has 0 atom stereocenters. The molecule has 0 radical (unpaired) electrons. The van der Waals surface area contributed by atoms with E-state index < -0.39 is 6.09 Å². The smallest absolute Gasteiger partial charge is 0.409 e. The first-order valence-corrected chi connectivity index (χ1v) is 4.11. The van der Waals surface area contributed by atoms with Crippen molar-refractivity contribution in [2.75, 3.05) is 5.32 Å². The predicted octanol–water partition coefficient (Wildman–Crippen LogP) is 2.32. The van der Waals surface area contributed by atoms with E-state index in [1.165, 1.54) is 0 Å². The third-order valence-corrected chi connectivity index (χ3v) is 1.89. The van der Waals surface area contributed by atoms with Crippen LogP contribution in [0.3, 0.4) is 0 Å². The summed E-state index contributed by atoms with van der Waals surface area (Å²) in [6.07, 6.45) is 0.509. The molecule has 0 saturated carbocycles. The SMILES string of the molecule is O=C(O)Nc1ccnc2ccccc12. The normalized spacial score (nSPS) is 10.0. The van der Waals surface area contributed by atoms with Crippen molar-refractivity contribution in [3.8, 4) is 0 Å². The molecule has 2 N–H and O–H groups in total. The molecule has 0 aliphatic rings. The van der Waals surface area contributed by atoms with Crippen LogP contribution in [0.4, 0.5) is 10.5 Å². The number of hydrogen-bond donors (Lipinski definition) is 2. The average Bonchev–Trinajstić information content (AvgIpc) is 2.18. The summed E-state index contributed by atoms with van der Waals surface area (Å²) in [6.45, 7) is 0. The highest BCUT2D eigenvalue weighted by atomic mass is 16.4. The minimum Gasteiger partial charge on any atom is -0.465 e. The van der Waals surface area contributed by atoms with Crippen molar-refractivity contribution in [2.24, 2.45) is 0 Å². The second-order valence-corrected chi connectivity index (χ2v) is 2.81. The molecular weight excluding hydrogens is 180 g/mol. The van der Waals surface area contributed by atoms with Crippen LogP contribution in [0.2, 0.25) is 0 Å². The summed E-state index contributed by atoms with van der Waals surface area (Å²) in [6, 6.07) is 9.00. The average molecular weight is 188 g/mol. The lowest BCUT2D eigenvalue weighted by molar-refractivity contribution is 0.210. The van der Waals surface area contributed by atoms with Crippen LogP contribution in [-0.4, -0.2) is 16.2 Å². The van der Waals surface area contributed by atoms with Gasteiger partial charge in [-0.25, -0.2) is 4.79 Å². The molecule has 1 aromatic heterocycles. The summed E-state index contributed by atoms with van der Waals surface area (Å²) in [4.78, 5) is 14.6. The fourth-order valence-corrected chi connectivity index (χ4v) is 1.32. The quantitative estimate of drug-likeness (QED) is 0.721. The Morgan fingerprint density at radius 3 is 2.86 bits per heavy atom. The van der Waals surface area contributed by atoms with Gasteiger partial charge in [-0.05, 0) is 12.1 Å². The van der Waals surface area contributed by atoms with Crippen molar-refractivity contribution in [3.05, 3.63) is 36.5 Å². The number of para-hydroxylation sites is 1. The first-order chi connectivity index (χ1) is 6.77. The fraction of sp³-hybridized carbons (Fsp3) is 0. The number of benzene rings is 1. The van der Waals surface area contributed by atoms with Crippen molar-refractivity contribution in [3.63, 3.8) is 0 Å². The highest BCUT2D eigenvalue weighted by Crippen LogP contribution is 2.20. The Bertz CT molecular complexity index is 477. The lowest BCUT2D eigenvalue weighted by Crippen LogP contribution is -2.07. The Labute approximate surface area is 80.2 Å². The van der Waals surface area contributed by atoms with Crippen molar-refractivity contribution < 1.29 is 9.90 Å². The number of fused-ring (bicyclic) bond motifs is 1. The Morgan fingerprint density at radius 2 is 2.07 bits per heavy atom. The lowest BCUT2D eigenvalue weighted by Gasteiger charge is -2.04. The van der Waals surface area contributed by atoms with Crippen molar-refractivity contribution >= 4 is 22.7 Å². The van der Waals surface area contributed by atoms with Crippen LogP contribution in [0, 0.1) is 0 Å². The van der Waals surface area contributed by atoms with Crippen LogP contribution in [-0.2, 0) is 0 Å². The Morgan fingerprint density at radius 1 is 1.29 bits per heavy atom. The number of hydrogen-bond acceptors (Lipinski definition) is 2. The molecular formula is C10H8N2O2. The molecule has 4 nitrogen and oxygen atoms in total. The zero-order valence-electron chi connectivity index (χ0n) is 7.27. The van der Waals surface area contributed by atoms with Gasteiger partial charge < -0.3 is 5.11 Å². The van der Waals surface area contributed by atoms with E-state index in [0.29, 0.717) is 5.69 Å². The Balaban J connectivity index is 2.59. The first-order valence-electron chi connectivity index (χ1n) is 4.11. The number of amides is 1. The minimum atomic E-state index is -1.07. The molecule has 1 amide bonds. The minimum absolute atomic E-state index is 0.558. The van der Waals surface area contributed by atoms with Crippen molar-refractivity contribution in [1.82, 2.24) is 4.98 Å². The molecule has 1 heterocycles. The molecule has 0 spiro atoms. The molecule has 0 aliphatic carbocycles. The summed E-state index contributed by atoms with van der Waals surface area (Å²) in [5.41, 5.74) is 1.34. The summed E-state index contributed by atoms with van der Waals surface area (Å²) in [5.74, 6) is 0. The summed E-state index contributed by atoms with van der Waals surface area (Å²) in [5, 5.41) is 11.7. The maximum atomic E-state index is 10.5. The molecule has 0 unspecified atom stereocenters. The van der Waals surface area contributed by atoms with E-state index in [0.717, 1.165) is 10.9 Å². The van der Waals surface area contributed by atoms with Crippen LogP contribution in [0.25, 0.3) is 10.9 Å². The van der Waals surface area contributed by atoms with E-state index in [-0.39, 0.29) is 0 Å². The standard InChI is InChI=1S/C10H8N2O2/c13-10(14)12-9-5-6-11-8-4-2-1-3-7(8)9/h1-6H,(H,11,12)(H,13,14). The first kappa shape index (κ1) is 8.50. The van der Waals surface area contributed by atoms with Crippen LogP contribution in [0.15, 0.2) is 36.5 Å². The van der Waals surface area contributed by atoms with Gasteiger partial charge in [0.25, 0.3) is 0 Å². The number of carbonyl (C=O) groups is 1. The maximum Gasteiger partial charge on any atom is 0.409 e. The molecule has 2 aromatic rings. The van der Waals surface area contributed by atoms with E-state index in [4.69, 9.17) is 5.11 Å². The fourth-order valence-electron chi connectivity index (χ4n) is 1.32. The molecule has 70 valence electrons. The Kier molecular flexibility index (Phi) is 2.02. The number of carboxylic acid groups (broad SMARTS) is 1. The van der Waals surface area contributed by atoms with E-state index in [2.05, 4.69) is 10.3 Å². The number of aromatic nitrogens is 1. The largest absolute Gasteiger partial charge is 0.465 e. The molecule has 0 bridgehead atoms. The van der Waals surface area contributed by atoms with Gasteiger partial charge in [0, 0.05) is 11.6 Å². The summed E-state index contributed by atoms with van der Waals surface area (Å²) in [7, 11) is 0. The summed E-state index contributed by atoms with van der Waals surface area (Å²) >= 11 is 0. The van der Waals surface area contributed by atoms with Gasteiger partial charge in [0.05, 0.1) is 11.2 Å². The monoisotopic (exact) mass is 188 g/mol. The van der Waals surface area contributed by atoms with E-state index in [1.54, 1.807) is 12.3 Å². The van der Waals surface area contributed by atoms with Crippen molar-refractivity contribution in [2.45, 2.75) is 0 Å². The van der Waals surface area contributed by atoms with Crippen LogP contribution < -0.4 is 5.32 Å². The molecule has 4 heteroatoms. The Hall–Kier alpha value is -2.10. The van der Waals surface area contributed by atoms with E-state index in [1.807, 2.05) is 24.3 Å². The van der Waals surface area contributed by atoms with Gasteiger partial charge in [0.2, 0.25) is 0 Å². The zero-order valence-corrected chi connectivity index (χ0v) is 7.27. The number of nitrogens with zero attached hydrogens (tertiary/aromatic N) is 1. The molecule has 2 rings (SSSR count). The van der Waals surface area contributed by atoms with E-state index >= 15 is 0 Å². The number of anilines is 1. The third kappa shape index (κ3) is 1.50. The van der Waals surface area contributed by atoms with Crippen LogP contribution in [0.1, 0.15) is 0 Å². The van der Waals surface area contributed by atoms with Gasteiger partial charge in [0.1, 0.15) is 0 Å². The van der Waals surface area contributed by atoms with Crippen LogP contribution >= 0.6 is 0 Å². The number of nitrogens with one attached hydrogen (secondary N) is 1. The maximum absolute atomic E-state index is 10.5. The van der Waals surface area contributed by atoms with Gasteiger partial charge in [-0.2, -0.15) is 0 Å².